The zero-order chi connectivity index (χ0) is 13.9. The van der Waals surface area contributed by atoms with Gasteiger partial charge < -0.3 is 10.8 Å². The predicted molar refractivity (Wildman–Crippen MR) is 74.4 cm³/mol. The second kappa shape index (κ2) is 6.00. The fourth-order valence-corrected chi connectivity index (χ4v) is 3.44. The number of aliphatic hydroxyl groups excluding tert-OH is 1. The van der Waals surface area contributed by atoms with Crippen LogP contribution in [0.4, 0.5) is 0 Å². The first-order chi connectivity index (χ1) is 9.00. The van der Waals surface area contributed by atoms with Gasteiger partial charge >= 0.3 is 0 Å². The summed E-state index contributed by atoms with van der Waals surface area (Å²) in [5.41, 5.74) is 7.39. The number of benzene rings is 1. The summed E-state index contributed by atoms with van der Waals surface area (Å²) in [5.74, 6) is 0.373. The van der Waals surface area contributed by atoms with Gasteiger partial charge in [-0.1, -0.05) is 24.3 Å². The largest absolute Gasteiger partial charge is 0.387 e. The maximum Gasteiger partial charge on any atom is 0.152 e. The fourth-order valence-electron chi connectivity index (χ4n) is 2.16. The second-order valence-corrected chi connectivity index (χ2v) is 7.22. The molecule has 0 spiro atoms. The van der Waals surface area contributed by atoms with E-state index in [0.29, 0.717) is 26.2 Å². The highest BCUT2D eigenvalue weighted by Gasteiger charge is 2.23. The van der Waals surface area contributed by atoms with Gasteiger partial charge in [0.2, 0.25) is 0 Å². The van der Waals surface area contributed by atoms with E-state index in [-0.39, 0.29) is 11.5 Å². The van der Waals surface area contributed by atoms with Crippen LogP contribution in [0, 0.1) is 0 Å². The van der Waals surface area contributed by atoms with Crippen LogP contribution in [0.15, 0.2) is 24.3 Å². The normalized spacial score (nSPS) is 21.2. The molecule has 1 aromatic rings. The van der Waals surface area contributed by atoms with Gasteiger partial charge in [-0.15, -0.1) is 0 Å². The predicted octanol–water partition coefficient (Wildman–Crippen LogP) is -0.0909. The van der Waals surface area contributed by atoms with Gasteiger partial charge in [-0.2, -0.15) is 0 Å². The minimum atomic E-state index is -2.86. The molecular formula is C13H20N2O3S. The molecule has 1 aliphatic heterocycles. The molecule has 0 radical (unpaired) electrons. The molecule has 0 bridgehead atoms. The second-order valence-electron chi connectivity index (χ2n) is 4.91. The van der Waals surface area contributed by atoms with Crippen molar-refractivity contribution in [1.29, 1.82) is 0 Å². The van der Waals surface area contributed by atoms with Crippen LogP contribution in [-0.2, 0) is 16.4 Å². The van der Waals surface area contributed by atoms with E-state index in [0.717, 1.165) is 11.1 Å². The molecule has 0 amide bonds. The first-order valence-electron chi connectivity index (χ1n) is 6.40. The van der Waals surface area contributed by atoms with Gasteiger partial charge in [0.05, 0.1) is 17.6 Å². The molecule has 2 rings (SSSR count). The van der Waals surface area contributed by atoms with Crippen molar-refractivity contribution in [2.45, 2.75) is 12.6 Å². The van der Waals surface area contributed by atoms with E-state index in [1.807, 2.05) is 29.2 Å². The Morgan fingerprint density at radius 2 is 1.79 bits per heavy atom. The van der Waals surface area contributed by atoms with Gasteiger partial charge in [0.1, 0.15) is 0 Å². The Bertz CT molecular complexity index is 499. The molecule has 1 atom stereocenters. The maximum atomic E-state index is 11.3. The summed E-state index contributed by atoms with van der Waals surface area (Å²) >= 11 is 0. The molecule has 19 heavy (non-hydrogen) atoms. The van der Waals surface area contributed by atoms with Crippen LogP contribution < -0.4 is 5.73 Å². The van der Waals surface area contributed by atoms with Gasteiger partial charge in [-0.25, -0.2) is 8.42 Å². The molecule has 1 aromatic carbocycles. The zero-order valence-electron chi connectivity index (χ0n) is 10.8. The summed E-state index contributed by atoms with van der Waals surface area (Å²) in [4.78, 5) is 1.99. The van der Waals surface area contributed by atoms with E-state index in [9.17, 15) is 13.5 Å². The monoisotopic (exact) mass is 284 g/mol. The van der Waals surface area contributed by atoms with E-state index in [1.165, 1.54) is 0 Å². The highest BCUT2D eigenvalue weighted by atomic mass is 32.2. The first kappa shape index (κ1) is 14.5. The highest BCUT2D eigenvalue weighted by Crippen LogP contribution is 2.16. The third-order valence-corrected chi connectivity index (χ3v) is 5.08. The van der Waals surface area contributed by atoms with E-state index in [2.05, 4.69) is 0 Å². The van der Waals surface area contributed by atoms with Crippen molar-refractivity contribution >= 4 is 9.84 Å². The van der Waals surface area contributed by atoms with Gasteiger partial charge in [-0.05, 0) is 11.1 Å². The van der Waals surface area contributed by atoms with Gasteiger partial charge in [0, 0.05) is 26.2 Å². The molecule has 6 heteroatoms. The Morgan fingerprint density at radius 1 is 1.21 bits per heavy atom. The molecular weight excluding hydrogens is 264 g/mol. The molecule has 1 fully saturated rings. The Labute approximate surface area is 113 Å². The minimum absolute atomic E-state index is 0.186. The SMILES string of the molecule is NCc1ccc(C(O)CN2CCS(=O)(=O)CC2)cc1. The summed E-state index contributed by atoms with van der Waals surface area (Å²) in [7, 11) is -2.86. The smallest absolute Gasteiger partial charge is 0.152 e. The van der Waals surface area contributed by atoms with Crippen molar-refractivity contribution in [2.24, 2.45) is 5.73 Å². The summed E-state index contributed by atoms with van der Waals surface area (Å²) in [6.45, 7) is 1.96. The lowest BCUT2D eigenvalue weighted by Crippen LogP contribution is -2.42. The van der Waals surface area contributed by atoms with Crippen LogP contribution in [-0.4, -0.2) is 49.6 Å². The highest BCUT2D eigenvalue weighted by molar-refractivity contribution is 7.91. The van der Waals surface area contributed by atoms with Gasteiger partial charge in [0.25, 0.3) is 0 Å². The number of β-amino-alcohol motifs (C(OH)–C–C–N with tert-alkyl or cyclic N) is 1. The molecule has 3 N–H and O–H groups in total. The number of sulfone groups is 1. The standard InChI is InChI=1S/C13H20N2O3S/c14-9-11-1-3-12(4-2-11)13(16)10-15-5-7-19(17,18)8-6-15/h1-4,13,16H,5-10,14H2. The molecule has 1 aliphatic rings. The zero-order valence-corrected chi connectivity index (χ0v) is 11.6. The number of rotatable bonds is 4. The molecule has 0 saturated carbocycles. The van der Waals surface area contributed by atoms with Crippen molar-refractivity contribution in [3.8, 4) is 0 Å². The van der Waals surface area contributed by atoms with Crippen LogP contribution in [0.3, 0.4) is 0 Å². The molecule has 0 aliphatic carbocycles. The van der Waals surface area contributed by atoms with Crippen LogP contribution in [0.1, 0.15) is 17.2 Å². The first-order valence-corrected chi connectivity index (χ1v) is 8.22. The Morgan fingerprint density at radius 3 is 2.32 bits per heavy atom. The van der Waals surface area contributed by atoms with Crippen molar-refractivity contribution < 1.29 is 13.5 Å². The molecule has 0 aromatic heterocycles. The molecule has 1 saturated heterocycles. The van der Waals surface area contributed by atoms with E-state index in [4.69, 9.17) is 5.73 Å². The minimum Gasteiger partial charge on any atom is -0.387 e. The molecule has 1 heterocycles. The molecule has 106 valence electrons. The third kappa shape index (κ3) is 4.01. The Hall–Kier alpha value is -0.950. The van der Waals surface area contributed by atoms with Gasteiger partial charge in [0.15, 0.2) is 9.84 Å². The molecule has 1 unspecified atom stereocenters. The van der Waals surface area contributed by atoms with E-state index < -0.39 is 15.9 Å². The number of aliphatic hydroxyl groups is 1. The summed E-state index contributed by atoms with van der Waals surface area (Å²) in [6.07, 6.45) is -0.590. The van der Waals surface area contributed by atoms with Crippen molar-refractivity contribution in [3.05, 3.63) is 35.4 Å². The van der Waals surface area contributed by atoms with Gasteiger partial charge in [-0.3, -0.25) is 4.90 Å². The van der Waals surface area contributed by atoms with Crippen molar-refractivity contribution in [3.63, 3.8) is 0 Å². The lowest BCUT2D eigenvalue weighted by Gasteiger charge is -2.28. The van der Waals surface area contributed by atoms with Crippen LogP contribution in [0.2, 0.25) is 0 Å². The topological polar surface area (TPSA) is 83.6 Å². The van der Waals surface area contributed by atoms with E-state index >= 15 is 0 Å². The van der Waals surface area contributed by atoms with Crippen molar-refractivity contribution in [2.75, 3.05) is 31.1 Å². The number of hydrogen-bond donors (Lipinski definition) is 2. The summed E-state index contributed by atoms with van der Waals surface area (Å²) < 4.78 is 22.6. The lowest BCUT2D eigenvalue weighted by atomic mass is 10.1. The average molecular weight is 284 g/mol. The Kier molecular flexibility index (Phi) is 4.57. The fraction of sp³-hybridized carbons (Fsp3) is 0.538. The number of nitrogens with zero attached hydrogens (tertiary/aromatic N) is 1. The summed E-state index contributed by atoms with van der Waals surface area (Å²) in [6, 6.07) is 7.54. The lowest BCUT2D eigenvalue weighted by molar-refractivity contribution is 0.118. The van der Waals surface area contributed by atoms with Crippen LogP contribution in [0.5, 0.6) is 0 Å². The average Bonchev–Trinajstić information content (AvgIpc) is 2.41. The van der Waals surface area contributed by atoms with Crippen molar-refractivity contribution in [1.82, 2.24) is 4.90 Å². The maximum absolute atomic E-state index is 11.3. The van der Waals surface area contributed by atoms with E-state index in [1.54, 1.807) is 0 Å². The van der Waals surface area contributed by atoms with Crippen LogP contribution in [0.25, 0.3) is 0 Å². The number of hydrogen-bond acceptors (Lipinski definition) is 5. The quantitative estimate of drug-likeness (QED) is 0.807. The Balaban J connectivity index is 1.91. The summed E-state index contributed by atoms with van der Waals surface area (Å²) in [5, 5.41) is 10.1. The third-order valence-electron chi connectivity index (χ3n) is 3.47. The number of nitrogens with two attached hydrogens (primary N) is 1. The van der Waals surface area contributed by atoms with Crippen LogP contribution >= 0.6 is 0 Å². The molecule has 5 nitrogen and oxygen atoms in total.